The number of ether oxygens (including phenoxy) is 3. The van der Waals surface area contributed by atoms with Crippen molar-refractivity contribution < 1.29 is 27.4 Å². The number of benzene rings is 3. The molecule has 0 heterocycles. The third-order valence-corrected chi connectivity index (χ3v) is 6.86. The summed E-state index contributed by atoms with van der Waals surface area (Å²) in [6, 6.07) is 20.6. The number of nitrogens with zero attached hydrogens (tertiary/aromatic N) is 2. The van der Waals surface area contributed by atoms with E-state index in [-0.39, 0.29) is 17.2 Å². The third kappa shape index (κ3) is 6.58. The van der Waals surface area contributed by atoms with E-state index in [1.54, 1.807) is 48.5 Å². The monoisotopic (exact) mass is 497 g/mol. The summed E-state index contributed by atoms with van der Waals surface area (Å²) in [6.45, 7) is -0.506. The molecule has 0 fully saturated rings. The molecule has 3 rings (SSSR count). The van der Waals surface area contributed by atoms with E-state index in [0.29, 0.717) is 22.6 Å². The maximum atomic E-state index is 13.7. The SMILES string of the molecule is COc1ccc(OC)c(S(=O)(=O)N(CC(=O)NN=Cc2ccccc2OC)Cc2ccccc2)c1. The van der Waals surface area contributed by atoms with Gasteiger partial charge in [-0.2, -0.15) is 9.41 Å². The van der Waals surface area contributed by atoms with Gasteiger partial charge < -0.3 is 14.2 Å². The zero-order valence-electron chi connectivity index (χ0n) is 19.7. The fraction of sp³-hybridized carbons (Fsp3) is 0.200. The standard InChI is InChI=1S/C25H27N3O6S/c1-32-21-13-14-23(34-3)24(15-21)35(30,31)28(17-19-9-5-4-6-10-19)18-25(29)27-26-16-20-11-7-8-12-22(20)33-2/h4-16H,17-18H2,1-3H3,(H,27,29). The number of nitrogens with one attached hydrogen (secondary N) is 1. The largest absolute Gasteiger partial charge is 0.497 e. The molecule has 3 aromatic carbocycles. The number of hydrazone groups is 1. The molecule has 3 aromatic rings. The van der Waals surface area contributed by atoms with Gasteiger partial charge in [0.05, 0.1) is 34.1 Å². The van der Waals surface area contributed by atoms with Crippen molar-refractivity contribution in [3.05, 3.63) is 83.9 Å². The number of carbonyl (C=O) groups excluding carboxylic acids is 1. The maximum Gasteiger partial charge on any atom is 0.255 e. The average Bonchev–Trinajstić information content (AvgIpc) is 2.88. The minimum absolute atomic E-state index is 0.0345. The Labute approximate surface area is 205 Å². The van der Waals surface area contributed by atoms with E-state index in [9.17, 15) is 13.2 Å². The van der Waals surface area contributed by atoms with Crippen LogP contribution < -0.4 is 19.6 Å². The lowest BCUT2D eigenvalue weighted by Crippen LogP contribution is -2.39. The Morgan fingerprint density at radius 1 is 0.914 bits per heavy atom. The molecule has 0 atom stereocenters. The van der Waals surface area contributed by atoms with Gasteiger partial charge in [0.2, 0.25) is 10.0 Å². The highest BCUT2D eigenvalue weighted by molar-refractivity contribution is 7.89. The van der Waals surface area contributed by atoms with Crippen molar-refractivity contribution in [3.63, 3.8) is 0 Å². The lowest BCUT2D eigenvalue weighted by atomic mass is 10.2. The van der Waals surface area contributed by atoms with Crippen LogP contribution in [0.15, 0.2) is 82.8 Å². The summed E-state index contributed by atoms with van der Waals surface area (Å²) in [7, 11) is 0.185. The van der Waals surface area contributed by atoms with E-state index < -0.39 is 22.5 Å². The van der Waals surface area contributed by atoms with E-state index in [1.165, 1.54) is 39.7 Å². The summed E-state index contributed by atoms with van der Waals surface area (Å²) in [5.41, 5.74) is 3.76. The summed E-state index contributed by atoms with van der Waals surface area (Å²) in [6.07, 6.45) is 1.43. The van der Waals surface area contributed by atoms with Crippen LogP contribution in [0.5, 0.6) is 17.2 Å². The first-order valence-corrected chi connectivity index (χ1v) is 12.0. The van der Waals surface area contributed by atoms with Crippen LogP contribution in [-0.4, -0.2) is 52.7 Å². The van der Waals surface area contributed by atoms with Gasteiger partial charge in [-0.25, -0.2) is 13.8 Å². The third-order valence-electron chi connectivity index (χ3n) is 5.04. The van der Waals surface area contributed by atoms with E-state index in [2.05, 4.69) is 10.5 Å². The topological polar surface area (TPSA) is 107 Å². The van der Waals surface area contributed by atoms with Crippen molar-refractivity contribution in [1.82, 2.24) is 9.73 Å². The first kappa shape index (κ1) is 25.7. The highest BCUT2D eigenvalue weighted by atomic mass is 32.2. The molecule has 0 aromatic heterocycles. The summed E-state index contributed by atoms with van der Waals surface area (Å²) < 4.78 is 44.1. The molecular weight excluding hydrogens is 470 g/mol. The van der Waals surface area contributed by atoms with E-state index in [0.717, 1.165) is 4.31 Å². The van der Waals surface area contributed by atoms with Gasteiger partial charge in [-0.15, -0.1) is 0 Å². The highest BCUT2D eigenvalue weighted by Crippen LogP contribution is 2.31. The van der Waals surface area contributed by atoms with E-state index in [1.807, 2.05) is 12.1 Å². The number of para-hydroxylation sites is 1. The molecule has 0 aliphatic rings. The molecule has 10 heteroatoms. The first-order valence-electron chi connectivity index (χ1n) is 10.6. The number of methoxy groups -OCH3 is 3. The lowest BCUT2D eigenvalue weighted by molar-refractivity contribution is -0.121. The Morgan fingerprint density at radius 3 is 2.29 bits per heavy atom. The van der Waals surface area contributed by atoms with Crippen molar-refractivity contribution in [3.8, 4) is 17.2 Å². The molecule has 9 nitrogen and oxygen atoms in total. The minimum atomic E-state index is -4.16. The molecule has 0 aliphatic heterocycles. The van der Waals surface area contributed by atoms with Gasteiger partial charge in [-0.1, -0.05) is 42.5 Å². The summed E-state index contributed by atoms with van der Waals surface area (Å²) in [4.78, 5) is 12.6. The number of hydrogen-bond acceptors (Lipinski definition) is 7. The number of carbonyl (C=O) groups is 1. The van der Waals surface area contributed by atoms with Gasteiger partial charge in [-0.3, -0.25) is 4.79 Å². The second-order valence-corrected chi connectivity index (χ2v) is 9.22. The van der Waals surface area contributed by atoms with Crippen molar-refractivity contribution in [1.29, 1.82) is 0 Å². The molecular formula is C25H27N3O6S. The number of amides is 1. The van der Waals surface area contributed by atoms with Crippen molar-refractivity contribution in [2.24, 2.45) is 5.10 Å². The van der Waals surface area contributed by atoms with Crippen molar-refractivity contribution in [2.75, 3.05) is 27.9 Å². The summed E-state index contributed by atoms with van der Waals surface area (Å²) in [5, 5.41) is 3.96. The Bertz CT molecular complexity index is 1280. The van der Waals surface area contributed by atoms with Crippen LogP contribution >= 0.6 is 0 Å². The predicted molar refractivity (Wildman–Crippen MR) is 132 cm³/mol. The molecule has 0 unspecified atom stereocenters. The molecule has 1 amide bonds. The molecule has 0 spiro atoms. The predicted octanol–water partition coefficient (Wildman–Crippen LogP) is 3.05. The van der Waals surface area contributed by atoms with Gasteiger partial charge in [0.1, 0.15) is 22.1 Å². The van der Waals surface area contributed by atoms with Crippen LogP contribution in [0.4, 0.5) is 0 Å². The van der Waals surface area contributed by atoms with Crippen molar-refractivity contribution in [2.45, 2.75) is 11.4 Å². The molecule has 0 saturated carbocycles. The van der Waals surface area contributed by atoms with Crippen LogP contribution in [0.2, 0.25) is 0 Å². The Kier molecular flexibility index (Phi) is 8.82. The second-order valence-electron chi connectivity index (χ2n) is 7.31. The first-order chi connectivity index (χ1) is 16.9. The fourth-order valence-electron chi connectivity index (χ4n) is 3.28. The van der Waals surface area contributed by atoms with Gasteiger partial charge >= 0.3 is 0 Å². The quantitative estimate of drug-likeness (QED) is 0.322. The molecule has 1 N–H and O–H groups in total. The molecule has 184 valence electrons. The van der Waals surface area contributed by atoms with Crippen LogP contribution in [0.25, 0.3) is 0 Å². The van der Waals surface area contributed by atoms with Gasteiger partial charge in [0.25, 0.3) is 5.91 Å². The number of rotatable bonds is 11. The van der Waals surface area contributed by atoms with Crippen LogP contribution in [0.3, 0.4) is 0 Å². The molecule has 0 saturated heterocycles. The van der Waals surface area contributed by atoms with Crippen molar-refractivity contribution >= 4 is 22.1 Å². The molecule has 0 aliphatic carbocycles. The lowest BCUT2D eigenvalue weighted by Gasteiger charge is -2.23. The zero-order chi connectivity index (χ0) is 25.3. The Morgan fingerprint density at radius 2 is 1.60 bits per heavy atom. The minimum Gasteiger partial charge on any atom is -0.497 e. The smallest absolute Gasteiger partial charge is 0.255 e. The fourth-order valence-corrected chi connectivity index (χ4v) is 4.84. The summed E-state index contributed by atoms with van der Waals surface area (Å²) >= 11 is 0. The van der Waals surface area contributed by atoms with Gasteiger partial charge in [0, 0.05) is 18.2 Å². The van der Waals surface area contributed by atoms with Crippen LogP contribution in [-0.2, 0) is 21.4 Å². The highest BCUT2D eigenvalue weighted by Gasteiger charge is 2.30. The maximum absolute atomic E-state index is 13.7. The van der Waals surface area contributed by atoms with Gasteiger partial charge in [0.15, 0.2) is 0 Å². The molecule has 35 heavy (non-hydrogen) atoms. The van der Waals surface area contributed by atoms with Gasteiger partial charge in [-0.05, 0) is 29.8 Å². The zero-order valence-corrected chi connectivity index (χ0v) is 20.5. The Balaban J connectivity index is 1.87. The second kappa shape index (κ2) is 12.0. The van der Waals surface area contributed by atoms with E-state index >= 15 is 0 Å². The normalized spacial score (nSPS) is 11.4. The number of sulfonamides is 1. The number of hydrogen-bond donors (Lipinski definition) is 1. The van der Waals surface area contributed by atoms with Crippen LogP contribution in [0, 0.1) is 0 Å². The average molecular weight is 498 g/mol. The van der Waals surface area contributed by atoms with E-state index in [4.69, 9.17) is 14.2 Å². The summed E-state index contributed by atoms with van der Waals surface area (Å²) in [5.74, 6) is 0.453. The Hall–Kier alpha value is -3.89. The molecule has 0 radical (unpaired) electrons. The van der Waals surface area contributed by atoms with Crippen LogP contribution in [0.1, 0.15) is 11.1 Å². The molecule has 0 bridgehead atoms.